The predicted molar refractivity (Wildman–Crippen MR) is 89.1 cm³/mol. The fourth-order valence-corrected chi connectivity index (χ4v) is 2.50. The lowest BCUT2D eigenvalue weighted by Gasteiger charge is -2.18. The monoisotopic (exact) mass is 340 g/mol. The summed E-state index contributed by atoms with van der Waals surface area (Å²) in [6.07, 6.45) is -1.07. The molecule has 0 saturated carbocycles. The standard InChI is InChI=1S/C17H16N4O4/c22-16(20-25)12-7-5-11(6-8-12)9-21(17(23)24)10-15-18-13-3-1-2-4-14(13)19-15/h1-8,25H,9-10H2,(H,18,19)(H,20,22)(H,23,24). The first kappa shape index (κ1) is 16.5. The van der Waals surface area contributed by atoms with E-state index in [9.17, 15) is 14.7 Å². The number of carbonyl (C=O) groups excluding carboxylic acids is 1. The summed E-state index contributed by atoms with van der Waals surface area (Å²) < 4.78 is 0. The molecule has 0 unspecified atom stereocenters. The fourth-order valence-electron chi connectivity index (χ4n) is 2.50. The number of carbonyl (C=O) groups is 2. The molecule has 0 spiro atoms. The molecular formula is C17H16N4O4. The van der Waals surface area contributed by atoms with Crippen LogP contribution in [0.2, 0.25) is 0 Å². The van der Waals surface area contributed by atoms with Crippen molar-refractivity contribution in [3.8, 4) is 0 Å². The average molecular weight is 340 g/mol. The number of amides is 2. The zero-order chi connectivity index (χ0) is 17.8. The molecule has 0 radical (unpaired) electrons. The Bertz CT molecular complexity index is 871. The van der Waals surface area contributed by atoms with E-state index in [2.05, 4.69) is 9.97 Å². The second-order valence-electron chi connectivity index (χ2n) is 5.48. The van der Waals surface area contributed by atoms with E-state index < -0.39 is 12.0 Å². The molecule has 25 heavy (non-hydrogen) atoms. The third-order valence-corrected chi connectivity index (χ3v) is 3.74. The van der Waals surface area contributed by atoms with Crippen molar-refractivity contribution in [1.82, 2.24) is 20.3 Å². The highest BCUT2D eigenvalue weighted by atomic mass is 16.5. The van der Waals surface area contributed by atoms with Crippen LogP contribution in [-0.2, 0) is 13.1 Å². The number of hydrogen-bond acceptors (Lipinski definition) is 4. The van der Waals surface area contributed by atoms with E-state index in [1.807, 2.05) is 24.3 Å². The summed E-state index contributed by atoms with van der Waals surface area (Å²) >= 11 is 0. The molecule has 0 aliphatic rings. The van der Waals surface area contributed by atoms with Gasteiger partial charge in [0.2, 0.25) is 0 Å². The van der Waals surface area contributed by atoms with Crippen molar-refractivity contribution >= 4 is 23.0 Å². The van der Waals surface area contributed by atoms with Crippen LogP contribution in [0.15, 0.2) is 48.5 Å². The van der Waals surface area contributed by atoms with Crippen LogP contribution in [0, 0.1) is 0 Å². The molecule has 2 aromatic carbocycles. The molecule has 1 heterocycles. The number of nitrogens with one attached hydrogen (secondary N) is 2. The van der Waals surface area contributed by atoms with Crippen LogP contribution in [0.1, 0.15) is 21.7 Å². The third kappa shape index (κ3) is 3.75. The third-order valence-electron chi connectivity index (χ3n) is 3.74. The number of nitrogens with zero attached hydrogens (tertiary/aromatic N) is 2. The van der Waals surface area contributed by atoms with Crippen LogP contribution >= 0.6 is 0 Å². The first-order valence-corrected chi connectivity index (χ1v) is 7.51. The quantitative estimate of drug-likeness (QED) is 0.420. The van der Waals surface area contributed by atoms with Gasteiger partial charge in [-0.05, 0) is 29.8 Å². The Labute approximate surface area is 142 Å². The molecule has 0 bridgehead atoms. The minimum absolute atomic E-state index is 0.114. The minimum Gasteiger partial charge on any atom is -0.465 e. The molecule has 2 amide bonds. The maximum Gasteiger partial charge on any atom is 0.408 e. The molecule has 128 valence electrons. The highest BCUT2D eigenvalue weighted by Crippen LogP contribution is 2.14. The SMILES string of the molecule is O=C(NO)c1ccc(CN(Cc2nc3ccccc3[nH]2)C(=O)O)cc1. The molecule has 8 heteroatoms. The van der Waals surface area contributed by atoms with Gasteiger partial charge in [-0.3, -0.25) is 14.9 Å². The van der Waals surface area contributed by atoms with Gasteiger partial charge < -0.3 is 10.1 Å². The maximum absolute atomic E-state index is 11.5. The number of para-hydroxylation sites is 2. The molecule has 0 fully saturated rings. The minimum atomic E-state index is -1.07. The summed E-state index contributed by atoms with van der Waals surface area (Å²) in [7, 11) is 0. The van der Waals surface area contributed by atoms with E-state index in [1.165, 1.54) is 17.0 Å². The molecule has 3 aromatic rings. The van der Waals surface area contributed by atoms with E-state index in [-0.39, 0.29) is 18.7 Å². The van der Waals surface area contributed by atoms with Crippen LogP contribution in [0.4, 0.5) is 4.79 Å². The number of benzene rings is 2. The van der Waals surface area contributed by atoms with Gasteiger partial charge in [0, 0.05) is 12.1 Å². The molecule has 1 aromatic heterocycles. The largest absolute Gasteiger partial charge is 0.465 e. The zero-order valence-electron chi connectivity index (χ0n) is 13.1. The number of imidazole rings is 1. The molecule has 4 N–H and O–H groups in total. The lowest BCUT2D eigenvalue weighted by molar-refractivity contribution is 0.0706. The molecule has 0 aliphatic carbocycles. The van der Waals surface area contributed by atoms with Crippen LogP contribution in [0.5, 0.6) is 0 Å². The Morgan fingerprint density at radius 2 is 1.80 bits per heavy atom. The van der Waals surface area contributed by atoms with Crippen molar-refractivity contribution in [2.45, 2.75) is 13.1 Å². The Hall–Kier alpha value is -3.39. The highest BCUT2D eigenvalue weighted by Gasteiger charge is 2.15. The number of fused-ring (bicyclic) bond motifs is 1. The zero-order valence-corrected chi connectivity index (χ0v) is 13.1. The van der Waals surface area contributed by atoms with Gasteiger partial charge in [-0.15, -0.1) is 0 Å². The van der Waals surface area contributed by atoms with Gasteiger partial charge >= 0.3 is 6.09 Å². The van der Waals surface area contributed by atoms with Crippen molar-refractivity contribution in [3.63, 3.8) is 0 Å². The van der Waals surface area contributed by atoms with Crippen LogP contribution in [-0.4, -0.2) is 37.2 Å². The summed E-state index contributed by atoms with van der Waals surface area (Å²) in [4.78, 5) is 31.5. The van der Waals surface area contributed by atoms with Crippen LogP contribution in [0.3, 0.4) is 0 Å². The van der Waals surface area contributed by atoms with E-state index in [1.54, 1.807) is 17.6 Å². The van der Waals surface area contributed by atoms with Crippen molar-refractivity contribution in [2.75, 3.05) is 0 Å². The molecular weight excluding hydrogens is 324 g/mol. The molecule has 0 atom stereocenters. The van der Waals surface area contributed by atoms with Crippen molar-refractivity contribution in [1.29, 1.82) is 0 Å². The molecule has 0 aliphatic heterocycles. The lowest BCUT2D eigenvalue weighted by Crippen LogP contribution is -2.29. The Morgan fingerprint density at radius 3 is 2.44 bits per heavy atom. The number of hydroxylamine groups is 1. The van der Waals surface area contributed by atoms with E-state index in [0.717, 1.165) is 11.0 Å². The Morgan fingerprint density at radius 1 is 1.08 bits per heavy atom. The van der Waals surface area contributed by atoms with Gasteiger partial charge in [0.25, 0.3) is 5.91 Å². The van der Waals surface area contributed by atoms with Gasteiger partial charge in [0.05, 0.1) is 17.6 Å². The van der Waals surface area contributed by atoms with Crippen molar-refractivity contribution < 1.29 is 19.9 Å². The van der Waals surface area contributed by atoms with E-state index in [4.69, 9.17) is 5.21 Å². The second kappa shape index (κ2) is 7.02. The normalized spacial score (nSPS) is 10.6. The highest BCUT2D eigenvalue weighted by molar-refractivity contribution is 5.93. The number of hydrogen-bond donors (Lipinski definition) is 4. The van der Waals surface area contributed by atoms with Gasteiger partial charge in [-0.25, -0.2) is 15.3 Å². The Kier molecular flexibility index (Phi) is 4.62. The number of rotatable bonds is 5. The van der Waals surface area contributed by atoms with Crippen LogP contribution < -0.4 is 5.48 Å². The summed E-state index contributed by atoms with van der Waals surface area (Å²) in [6, 6.07) is 13.8. The van der Waals surface area contributed by atoms with Gasteiger partial charge in [0.15, 0.2) is 0 Å². The van der Waals surface area contributed by atoms with Gasteiger partial charge in [0.1, 0.15) is 5.82 Å². The summed E-state index contributed by atoms with van der Waals surface area (Å²) in [5.74, 6) is -0.0659. The topological polar surface area (TPSA) is 119 Å². The van der Waals surface area contributed by atoms with Crippen molar-refractivity contribution in [3.05, 3.63) is 65.5 Å². The summed E-state index contributed by atoms with van der Waals surface area (Å²) in [6.45, 7) is 0.260. The number of carboxylic acid groups (broad SMARTS) is 1. The first-order valence-electron chi connectivity index (χ1n) is 7.51. The Balaban J connectivity index is 1.75. The number of aromatic amines is 1. The maximum atomic E-state index is 11.5. The number of H-pyrrole nitrogens is 1. The van der Waals surface area contributed by atoms with E-state index in [0.29, 0.717) is 11.4 Å². The average Bonchev–Trinajstić information content (AvgIpc) is 3.03. The van der Waals surface area contributed by atoms with Gasteiger partial charge in [-0.2, -0.15) is 0 Å². The predicted octanol–water partition coefficient (Wildman–Crippen LogP) is 2.36. The molecule has 3 rings (SSSR count). The van der Waals surface area contributed by atoms with Gasteiger partial charge in [-0.1, -0.05) is 24.3 Å². The second-order valence-corrected chi connectivity index (χ2v) is 5.48. The van der Waals surface area contributed by atoms with E-state index >= 15 is 0 Å². The summed E-state index contributed by atoms with van der Waals surface area (Å²) in [5.41, 5.74) is 4.18. The molecule has 0 saturated heterocycles. The van der Waals surface area contributed by atoms with Crippen molar-refractivity contribution in [2.24, 2.45) is 0 Å². The first-order chi connectivity index (χ1) is 12.1. The number of aromatic nitrogens is 2. The fraction of sp³-hybridized carbons (Fsp3) is 0.118. The van der Waals surface area contributed by atoms with Crippen LogP contribution in [0.25, 0.3) is 11.0 Å². The molecule has 8 nitrogen and oxygen atoms in total. The lowest BCUT2D eigenvalue weighted by atomic mass is 10.1. The smallest absolute Gasteiger partial charge is 0.408 e. The summed E-state index contributed by atoms with van der Waals surface area (Å²) in [5, 5.41) is 18.0.